The minimum atomic E-state index is -0.0845. The standard InChI is InChI=1S/C21H24N6O2/c1-14-5-4-6-17(11-14)26-7-9-27(10-8-26)20(28)18-12-15(2)22-21(23-18)24-19-13-16(3)29-25-19/h4-6,11-13H,7-10H2,1-3H3,(H,22,23,24,25). The van der Waals surface area contributed by atoms with E-state index in [1.54, 1.807) is 19.1 Å². The summed E-state index contributed by atoms with van der Waals surface area (Å²) in [5.41, 5.74) is 3.53. The molecule has 1 saturated heterocycles. The average molecular weight is 392 g/mol. The number of hydrogen-bond donors (Lipinski definition) is 1. The third kappa shape index (κ3) is 4.37. The lowest BCUT2D eigenvalue weighted by Gasteiger charge is -2.36. The third-order valence-electron chi connectivity index (χ3n) is 4.87. The van der Waals surface area contributed by atoms with E-state index in [2.05, 4.69) is 56.5 Å². The molecule has 0 aliphatic carbocycles. The van der Waals surface area contributed by atoms with Gasteiger partial charge in [-0.1, -0.05) is 17.3 Å². The van der Waals surface area contributed by atoms with Gasteiger partial charge in [-0.25, -0.2) is 9.97 Å². The van der Waals surface area contributed by atoms with Crippen LogP contribution in [0.4, 0.5) is 17.5 Å². The molecule has 8 heteroatoms. The molecule has 29 heavy (non-hydrogen) atoms. The SMILES string of the molecule is Cc1cccc(N2CCN(C(=O)c3cc(C)nc(Nc4cc(C)on4)n3)CC2)c1. The Morgan fingerprint density at radius 1 is 1.03 bits per heavy atom. The lowest BCUT2D eigenvalue weighted by molar-refractivity contribution is 0.0740. The molecule has 1 N–H and O–H groups in total. The van der Waals surface area contributed by atoms with Crippen LogP contribution in [0.25, 0.3) is 0 Å². The van der Waals surface area contributed by atoms with Crippen molar-refractivity contribution in [3.05, 3.63) is 59.1 Å². The molecule has 2 aromatic heterocycles. The molecular formula is C21H24N6O2. The van der Waals surface area contributed by atoms with Crippen molar-refractivity contribution >= 4 is 23.4 Å². The first-order valence-electron chi connectivity index (χ1n) is 9.65. The second kappa shape index (κ2) is 7.90. The zero-order chi connectivity index (χ0) is 20.4. The van der Waals surface area contributed by atoms with Crippen molar-refractivity contribution in [2.45, 2.75) is 20.8 Å². The summed E-state index contributed by atoms with van der Waals surface area (Å²) in [5, 5.41) is 6.87. The third-order valence-corrected chi connectivity index (χ3v) is 4.87. The van der Waals surface area contributed by atoms with Crippen LogP contribution >= 0.6 is 0 Å². The largest absolute Gasteiger partial charge is 0.368 e. The van der Waals surface area contributed by atoms with Crippen LogP contribution in [0.5, 0.6) is 0 Å². The van der Waals surface area contributed by atoms with Gasteiger partial charge in [0.25, 0.3) is 5.91 Å². The van der Waals surface area contributed by atoms with Gasteiger partial charge in [0.2, 0.25) is 5.95 Å². The maximum Gasteiger partial charge on any atom is 0.272 e. The molecule has 1 aromatic carbocycles. The van der Waals surface area contributed by atoms with Gasteiger partial charge in [-0.05, 0) is 44.5 Å². The van der Waals surface area contributed by atoms with Crippen molar-refractivity contribution in [3.8, 4) is 0 Å². The predicted octanol–water partition coefficient (Wildman–Crippen LogP) is 3.10. The highest BCUT2D eigenvalue weighted by Gasteiger charge is 2.24. The second-order valence-corrected chi connectivity index (χ2v) is 7.28. The molecule has 3 heterocycles. The monoisotopic (exact) mass is 392 g/mol. The van der Waals surface area contributed by atoms with Crippen molar-refractivity contribution in [3.63, 3.8) is 0 Å². The van der Waals surface area contributed by atoms with Gasteiger partial charge in [0, 0.05) is 43.6 Å². The van der Waals surface area contributed by atoms with E-state index >= 15 is 0 Å². The molecule has 1 aliphatic heterocycles. The number of benzene rings is 1. The molecule has 150 valence electrons. The summed E-state index contributed by atoms with van der Waals surface area (Å²) in [6, 6.07) is 11.9. The number of aromatic nitrogens is 3. The summed E-state index contributed by atoms with van der Waals surface area (Å²) < 4.78 is 5.05. The molecule has 8 nitrogen and oxygen atoms in total. The molecule has 0 saturated carbocycles. The van der Waals surface area contributed by atoms with Gasteiger partial charge in [0.1, 0.15) is 11.5 Å². The molecule has 1 amide bonds. The number of piperazine rings is 1. The maximum atomic E-state index is 13.0. The number of carbonyl (C=O) groups is 1. The summed E-state index contributed by atoms with van der Waals surface area (Å²) in [6.45, 7) is 8.63. The Kier molecular flexibility index (Phi) is 5.16. The van der Waals surface area contributed by atoms with Crippen LogP contribution in [0.2, 0.25) is 0 Å². The number of rotatable bonds is 4. The Bertz CT molecular complexity index is 1020. The number of nitrogens with one attached hydrogen (secondary N) is 1. The van der Waals surface area contributed by atoms with Gasteiger partial charge in [0.15, 0.2) is 5.82 Å². The number of hydrogen-bond acceptors (Lipinski definition) is 7. The van der Waals surface area contributed by atoms with Crippen LogP contribution in [-0.2, 0) is 0 Å². The Hall–Kier alpha value is -3.42. The van der Waals surface area contributed by atoms with Crippen LogP contribution in [0, 0.1) is 20.8 Å². The second-order valence-electron chi connectivity index (χ2n) is 7.28. The van der Waals surface area contributed by atoms with Crippen molar-refractivity contribution in [1.82, 2.24) is 20.0 Å². The van der Waals surface area contributed by atoms with Crippen LogP contribution in [-0.4, -0.2) is 52.1 Å². The fraction of sp³-hybridized carbons (Fsp3) is 0.333. The fourth-order valence-electron chi connectivity index (χ4n) is 3.43. The smallest absolute Gasteiger partial charge is 0.272 e. The van der Waals surface area contributed by atoms with E-state index in [1.807, 2.05) is 11.8 Å². The number of carbonyl (C=O) groups excluding carboxylic acids is 1. The van der Waals surface area contributed by atoms with Crippen molar-refractivity contribution in [2.75, 3.05) is 36.4 Å². The van der Waals surface area contributed by atoms with E-state index in [4.69, 9.17) is 4.52 Å². The van der Waals surface area contributed by atoms with Crippen molar-refractivity contribution < 1.29 is 9.32 Å². The van der Waals surface area contributed by atoms with Gasteiger partial charge in [-0.15, -0.1) is 0 Å². The minimum absolute atomic E-state index is 0.0845. The number of amides is 1. The van der Waals surface area contributed by atoms with E-state index in [9.17, 15) is 4.79 Å². The Balaban J connectivity index is 1.44. The summed E-state index contributed by atoms with van der Waals surface area (Å²) in [6.07, 6.45) is 0. The molecule has 0 spiro atoms. The lowest BCUT2D eigenvalue weighted by Crippen LogP contribution is -2.49. The van der Waals surface area contributed by atoms with Crippen molar-refractivity contribution in [2.24, 2.45) is 0 Å². The molecule has 0 unspecified atom stereocenters. The number of nitrogens with zero attached hydrogens (tertiary/aromatic N) is 5. The Morgan fingerprint density at radius 3 is 2.52 bits per heavy atom. The molecule has 0 atom stereocenters. The van der Waals surface area contributed by atoms with E-state index in [0.717, 1.165) is 13.1 Å². The van der Waals surface area contributed by atoms with Crippen LogP contribution in [0.15, 0.2) is 40.9 Å². The molecule has 1 aliphatic rings. The topological polar surface area (TPSA) is 87.4 Å². The van der Waals surface area contributed by atoms with E-state index in [-0.39, 0.29) is 5.91 Å². The van der Waals surface area contributed by atoms with Gasteiger partial charge in [-0.3, -0.25) is 4.79 Å². The molecule has 0 radical (unpaired) electrons. The van der Waals surface area contributed by atoms with Gasteiger partial charge >= 0.3 is 0 Å². The average Bonchev–Trinajstić information content (AvgIpc) is 3.11. The summed E-state index contributed by atoms with van der Waals surface area (Å²) in [4.78, 5) is 25.9. The van der Waals surface area contributed by atoms with Gasteiger partial charge < -0.3 is 19.6 Å². The van der Waals surface area contributed by atoms with Gasteiger partial charge in [0.05, 0.1) is 0 Å². The predicted molar refractivity (Wildman–Crippen MR) is 111 cm³/mol. The summed E-state index contributed by atoms with van der Waals surface area (Å²) in [5.74, 6) is 1.44. The van der Waals surface area contributed by atoms with Crippen LogP contribution in [0.3, 0.4) is 0 Å². The normalized spacial score (nSPS) is 14.2. The minimum Gasteiger partial charge on any atom is -0.368 e. The quantitative estimate of drug-likeness (QED) is 0.730. The van der Waals surface area contributed by atoms with E-state index in [0.29, 0.717) is 42.0 Å². The van der Waals surface area contributed by atoms with E-state index < -0.39 is 0 Å². The zero-order valence-electron chi connectivity index (χ0n) is 16.8. The Labute approximate surface area is 169 Å². The zero-order valence-corrected chi connectivity index (χ0v) is 16.8. The molecule has 4 rings (SSSR count). The highest BCUT2D eigenvalue weighted by atomic mass is 16.5. The molecule has 1 fully saturated rings. The summed E-state index contributed by atoms with van der Waals surface area (Å²) in [7, 11) is 0. The molecule has 3 aromatic rings. The first kappa shape index (κ1) is 18.9. The van der Waals surface area contributed by atoms with Crippen LogP contribution < -0.4 is 10.2 Å². The fourth-order valence-corrected chi connectivity index (χ4v) is 3.43. The van der Waals surface area contributed by atoms with E-state index in [1.165, 1.54) is 11.3 Å². The maximum absolute atomic E-state index is 13.0. The summed E-state index contributed by atoms with van der Waals surface area (Å²) >= 11 is 0. The first-order valence-corrected chi connectivity index (χ1v) is 9.65. The molecular weight excluding hydrogens is 368 g/mol. The highest BCUT2D eigenvalue weighted by Crippen LogP contribution is 2.19. The van der Waals surface area contributed by atoms with Crippen molar-refractivity contribution in [1.29, 1.82) is 0 Å². The van der Waals surface area contributed by atoms with Crippen LogP contribution in [0.1, 0.15) is 27.5 Å². The number of anilines is 3. The number of aryl methyl sites for hydroxylation is 3. The first-order chi connectivity index (χ1) is 14.0. The lowest BCUT2D eigenvalue weighted by atomic mass is 10.2. The Morgan fingerprint density at radius 2 is 1.83 bits per heavy atom. The molecule has 0 bridgehead atoms. The van der Waals surface area contributed by atoms with Gasteiger partial charge in [-0.2, -0.15) is 0 Å². The highest BCUT2D eigenvalue weighted by molar-refractivity contribution is 5.93.